The molecule has 0 spiro atoms. The number of nitrogens with two attached hydrogens (primary N) is 1. The van der Waals surface area contributed by atoms with Crippen molar-refractivity contribution in [3.8, 4) is 11.1 Å². The number of carbonyl (C=O) groups is 2. The van der Waals surface area contributed by atoms with Crippen LogP contribution in [-0.2, 0) is 4.79 Å². The van der Waals surface area contributed by atoms with Crippen molar-refractivity contribution in [1.82, 2.24) is 9.88 Å². The van der Waals surface area contributed by atoms with Crippen LogP contribution in [0.5, 0.6) is 0 Å². The summed E-state index contributed by atoms with van der Waals surface area (Å²) >= 11 is 0. The summed E-state index contributed by atoms with van der Waals surface area (Å²) in [6.07, 6.45) is 2.05. The molecule has 0 saturated carbocycles. The maximum Gasteiger partial charge on any atom is 0.250 e. The number of carbonyl (C=O) groups excluding carboxylic acids is 2. The van der Waals surface area contributed by atoms with E-state index in [1.165, 1.54) is 0 Å². The van der Waals surface area contributed by atoms with Crippen molar-refractivity contribution in [2.75, 3.05) is 13.1 Å². The lowest BCUT2D eigenvalue weighted by Gasteiger charge is -2.12. The van der Waals surface area contributed by atoms with Crippen LogP contribution >= 0.6 is 0 Å². The lowest BCUT2D eigenvalue weighted by atomic mass is 9.95. The zero-order valence-electron chi connectivity index (χ0n) is 15.4. The van der Waals surface area contributed by atoms with Crippen LogP contribution in [0, 0.1) is 6.92 Å². The van der Waals surface area contributed by atoms with Crippen molar-refractivity contribution in [3.63, 3.8) is 0 Å². The van der Waals surface area contributed by atoms with Gasteiger partial charge in [0, 0.05) is 31.1 Å². The van der Waals surface area contributed by atoms with E-state index in [0.29, 0.717) is 18.7 Å². The SMILES string of the molecule is CC(=O)N1CC=C(c2cc3c(-c4ccccc4C)ccc(C(N)=O)c3[nH]2)C1. The third-order valence-electron chi connectivity index (χ3n) is 5.21. The van der Waals surface area contributed by atoms with Crippen LogP contribution in [0.2, 0.25) is 0 Å². The molecule has 3 N–H and O–H groups in total. The highest BCUT2D eigenvalue weighted by Crippen LogP contribution is 2.35. The number of amides is 2. The van der Waals surface area contributed by atoms with Gasteiger partial charge >= 0.3 is 0 Å². The minimum Gasteiger partial charge on any atom is -0.366 e. The van der Waals surface area contributed by atoms with Crippen molar-refractivity contribution < 1.29 is 9.59 Å². The first kappa shape index (κ1) is 17.1. The summed E-state index contributed by atoms with van der Waals surface area (Å²) in [5, 5.41) is 0.956. The average Bonchev–Trinajstić information content (AvgIpc) is 3.28. The third-order valence-corrected chi connectivity index (χ3v) is 5.21. The molecule has 1 aromatic heterocycles. The molecule has 4 rings (SSSR count). The Bertz CT molecular complexity index is 1110. The number of benzene rings is 2. The van der Waals surface area contributed by atoms with E-state index in [-0.39, 0.29) is 5.91 Å². The van der Waals surface area contributed by atoms with Gasteiger partial charge in [-0.2, -0.15) is 0 Å². The molecule has 3 aromatic rings. The largest absolute Gasteiger partial charge is 0.366 e. The van der Waals surface area contributed by atoms with E-state index in [1.54, 1.807) is 17.9 Å². The quantitative estimate of drug-likeness (QED) is 0.751. The Morgan fingerprint density at radius 2 is 1.89 bits per heavy atom. The van der Waals surface area contributed by atoms with Crippen LogP contribution < -0.4 is 5.73 Å². The summed E-state index contributed by atoms with van der Waals surface area (Å²) in [6.45, 7) is 4.81. The molecule has 1 aliphatic heterocycles. The average molecular weight is 359 g/mol. The van der Waals surface area contributed by atoms with Crippen LogP contribution in [0.4, 0.5) is 0 Å². The van der Waals surface area contributed by atoms with E-state index in [4.69, 9.17) is 5.73 Å². The Kier molecular flexibility index (Phi) is 4.07. The predicted octanol–water partition coefficient (Wildman–Crippen LogP) is 3.49. The molecule has 0 atom stereocenters. The van der Waals surface area contributed by atoms with Gasteiger partial charge < -0.3 is 15.6 Å². The highest BCUT2D eigenvalue weighted by atomic mass is 16.2. The summed E-state index contributed by atoms with van der Waals surface area (Å²) in [7, 11) is 0. The van der Waals surface area contributed by atoms with E-state index in [9.17, 15) is 9.59 Å². The van der Waals surface area contributed by atoms with Crippen LogP contribution in [0.25, 0.3) is 27.6 Å². The van der Waals surface area contributed by atoms with Crippen molar-refractivity contribution >= 4 is 28.3 Å². The molecule has 2 heterocycles. The fourth-order valence-corrected chi connectivity index (χ4v) is 3.70. The monoisotopic (exact) mass is 359 g/mol. The van der Waals surface area contributed by atoms with Crippen molar-refractivity contribution in [2.45, 2.75) is 13.8 Å². The highest BCUT2D eigenvalue weighted by molar-refractivity contribution is 6.10. The van der Waals surface area contributed by atoms with Gasteiger partial charge in [0.15, 0.2) is 0 Å². The number of nitrogens with zero attached hydrogens (tertiary/aromatic N) is 1. The first-order valence-electron chi connectivity index (χ1n) is 8.92. The van der Waals surface area contributed by atoms with E-state index in [2.05, 4.69) is 30.1 Å². The lowest BCUT2D eigenvalue weighted by Crippen LogP contribution is -2.25. The summed E-state index contributed by atoms with van der Waals surface area (Å²) in [5.41, 5.74) is 12.1. The first-order chi connectivity index (χ1) is 13.0. The van der Waals surface area contributed by atoms with Crippen molar-refractivity contribution in [1.29, 1.82) is 0 Å². The molecule has 5 heteroatoms. The second-order valence-corrected chi connectivity index (χ2v) is 6.94. The molecular formula is C22H21N3O2. The number of aromatic nitrogens is 1. The minimum absolute atomic E-state index is 0.0517. The maximum atomic E-state index is 11.9. The van der Waals surface area contributed by atoms with Crippen LogP contribution in [0.15, 0.2) is 48.5 Å². The number of primary amides is 1. The van der Waals surface area contributed by atoms with Crippen LogP contribution in [-0.4, -0.2) is 34.8 Å². The highest BCUT2D eigenvalue weighted by Gasteiger charge is 2.21. The number of hydrogen-bond donors (Lipinski definition) is 2. The second-order valence-electron chi connectivity index (χ2n) is 6.94. The smallest absolute Gasteiger partial charge is 0.250 e. The normalized spacial score (nSPS) is 13.9. The summed E-state index contributed by atoms with van der Waals surface area (Å²) < 4.78 is 0. The standard InChI is InChI=1S/C22H21N3O2/c1-13-5-3-4-6-16(13)17-7-8-18(22(23)27)21-19(17)11-20(24-21)15-9-10-25(12-15)14(2)26/h3-9,11,24H,10,12H2,1-2H3,(H2,23,27). The molecule has 0 bridgehead atoms. The first-order valence-corrected chi connectivity index (χ1v) is 8.92. The zero-order valence-corrected chi connectivity index (χ0v) is 15.4. The number of H-pyrrole nitrogens is 1. The van der Waals surface area contributed by atoms with Crippen molar-refractivity contribution in [3.05, 3.63) is 65.4 Å². The molecule has 2 amide bonds. The van der Waals surface area contributed by atoms with Gasteiger partial charge in [0.2, 0.25) is 5.91 Å². The lowest BCUT2D eigenvalue weighted by molar-refractivity contribution is -0.127. The van der Waals surface area contributed by atoms with Crippen LogP contribution in [0.3, 0.4) is 0 Å². The molecule has 5 nitrogen and oxygen atoms in total. The molecule has 0 aliphatic carbocycles. The molecule has 27 heavy (non-hydrogen) atoms. The van der Waals surface area contributed by atoms with Gasteiger partial charge in [0.25, 0.3) is 5.91 Å². The van der Waals surface area contributed by atoms with Gasteiger partial charge in [-0.15, -0.1) is 0 Å². The number of aryl methyl sites for hydroxylation is 1. The Morgan fingerprint density at radius 1 is 1.11 bits per heavy atom. The molecule has 0 unspecified atom stereocenters. The summed E-state index contributed by atoms with van der Waals surface area (Å²) in [6, 6.07) is 13.9. The van der Waals surface area contributed by atoms with Crippen LogP contribution in [0.1, 0.15) is 28.5 Å². The van der Waals surface area contributed by atoms with Gasteiger partial charge in [0.1, 0.15) is 0 Å². The minimum atomic E-state index is -0.463. The number of hydrogen-bond acceptors (Lipinski definition) is 2. The molecule has 2 aromatic carbocycles. The fraction of sp³-hybridized carbons (Fsp3) is 0.182. The van der Waals surface area contributed by atoms with Gasteiger partial charge in [-0.25, -0.2) is 0 Å². The van der Waals surface area contributed by atoms with E-state index in [1.807, 2.05) is 24.3 Å². The van der Waals surface area contributed by atoms with Crippen molar-refractivity contribution in [2.24, 2.45) is 5.73 Å². The van der Waals surface area contributed by atoms with Gasteiger partial charge in [-0.3, -0.25) is 9.59 Å². The Balaban J connectivity index is 1.89. The second kappa shape index (κ2) is 6.43. The predicted molar refractivity (Wildman–Crippen MR) is 107 cm³/mol. The van der Waals surface area contributed by atoms with E-state index < -0.39 is 5.91 Å². The van der Waals surface area contributed by atoms with E-state index in [0.717, 1.165) is 38.9 Å². The van der Waals surface area contributed by atoms with Gasteiger partial charge in [-0.05, 0) is 41.3 Å². The Labute approximate surface area is 157 Å². The fourth-order valence-electron chi connectivity index (χ4n) is 3.70. The van der Waals surface area contributed by atoms with E-state index >= 15 is 0 Å². The topological polar surface area (TPSA) is 79.2 Å². The number of fused-ring (bicyclic) bond motifs is 1. The number of aromatic amines is 1. The third kappa shape index (κ3) is 2.91. The van der Waals surface area contributed by atoms with Gasteiger partial charge in [0.05, 0.1) is 11.1 Å². The molecule has 136 valence electrons. The molecule has 0 saturated heterocycles. The molecule has 0 fully saturated rings. The summed E-state index contributed by atoms with van der Waals surface area (Å²) in [4.78, 5) is 28.7. The number of rotatable bonds is 3. The number of nitrogens with one attached hydrogen (secondary N) is 1. The molecular weight excluding hydrogens is 338 g/mol. The molecule has 0 radical (unpaired) electrons. The van der Waals surface area contributed by atoms with Gasteiger partial charge in [-0.1, -0.05) is 36.4 Å². The molecule has 1 aliphatic rings. The Morgan fingerprint density at radius 3 is 2.56 bits per heavy atom. The summed E-state index contributed by atoms with van der Waals surface area (Å²) in [5.74, 6) is -0.411. The maximum absolute atomic E-state index is 11.9. The zero-order chi connectivity index (χ0) is 19.1. The Hall–Kier alpha value is -3.34.